The number of rotatable bonds is 3. The van der Waals surface area contributed by atoms with Crippen LogP contribution in [0.25, 0.3) is 0 Å². The molecule has 2 amide bonds. The van der Waals surface area contributed by atoms with Gasteiger partial charge in [0, 0.05) is 38.6 Å². The smallest absolute Gasteiger partial charge is 0.274 e. The van der Waals surface area contributed by atoms with Crippen molar-refractivity contribution in [3.8, 4) is 11.5 Å². The van der Waals surface area contributed by atoms with Gasteiger partial charge in [0.15, 0.2) is 11.5 Å². The molecular weight excluding hydrogens is 348 g/mol. The first kappa shape index (κ1) is 17.3. The number of aromatic nitrogens is 2. The van der Waals surface area contributed by atoms with Crippen LogP contribution in [0.1, 0.15) is 22.5 Å². The number of hydrogen-bond acceptors (Lipinski definition) is 6. The molecule has 2 aliphatic rings. The Morgan fingerprint density at radius 3 is 2.67 bits per heavy atom. The molecule has 2 aliphatic heterocycles. The lowest BCUT2D eigenvalue weighted by Crippen LogP contribution is -2.38. The molecule has 8 heteroatoms. The van der Waals surface area contributed by atoms with E-state index in [2.05, 4.69) is 9.97 Å². The maximum absolute atomic E-state index is 12.7. The topological polar surface area (TPSA) is 84.9 Å². The first-order valence-electron chi connectivity index (χ1n) is 8.92. The summed E-state index contributed by atoms with van der Waals surface area (Å²) in [6, 6.07) is 5.56. The van der Waals surface area contributed by atoms with Gasteiger partial charge in [0.05, 0.1) is 12.6 Å². The van der Waals surface area contributed by atoms with Gasteiger partial charge in [-0.2, -0.15) is 0 Å². The summed E-state index contributed by atoms with van der Waals surface area (Å²) in [5.41, 5.74) is 1.22. The van der Waals surface area contributed by atoms with Crippen molar-refractivity contribution >= 4 is 11.8 Å². The van der Waals surface area contributed by atoms with Gasteiger partial charge in [0.25, 0.3) is 5.91 Å². The van der Waals surface area contributed by atoms with Gasteiger partial charge in [-0.3, -0.25) is 14.6 Å². The van der Waals surface area contributed by atoms with Crippen molar-refractivity contribution in [2.75, 3.05) is 33.0 Å². The Labute approximate surface area is 156 Å². The van der Waals surface area contributed by atoms with E-state index < -0.39 is 0 Å². The predicted octanol–water partition coefficient (Wildman–Crippen LogP) is 1.12. The van der Waals surface area contributed by atoms with Crippen LogP contribution in [0.2, 0.25) is 0 Å². The van der Waals surface area contributed by atoms with E-state index in [1.54, 1.807) is 4.90 Å². The third kappa shape index (κ3) is 3.84. The van der Waals surface area contributed by atoms with Gasteiger partial charge in [-0.05, 0) is 24.1 Å². The molecule has 0 unspecified atom stereocenters. The zero-order chi connectivity index (χ0) is 18.6. The average Bonchev–Trinajstić information content (AvgIpc) is 3.02. The van der Waals surface area contributed by atoms with Crippen LogP contribution < -0.4 is 9.47 Å². The molecular formula is C19H20N4O4. The van der Waals surface area contributed by atoms with Crippen LogP contribution in [-0.2, 0) is 11.2 Å². The highest BCUT2D eigenvalue weighted by atomic mass is 16.7. The minimum Gasteiger partial charge on any atom is -0.454 e. The summed E-state index contributed by atoms with van der Waals surface area (Å²) in [7, 11) is 0. The summed E-state index contributed by atoms with van der Waals surface area (Å²) in [5, 5.41) is 0. The molecule has 140 valence electrons. The minimum absolute atomic E-state index is 0.0441. The SMILES string of the molecule is O=C(Cc1ccc2c(c1)OCO2)N1CCCN(C(=O)c2cnccn2)CC1. The lowest BCUT2D eigenvalue weighted by atomic mass is 10.1. The molecule has 0 atom stereocenters. The number of amides is 2. The van der Waals surface area contributed by atoms with Crippen molar-refractivity contribution in [3.63, 3.8) is 0 Å². The first-order valence-corrected chi connectivity index (χ1v) is 8.92. The highest BCUT2D eigenvalue weighted by molar-refractivity contribution is 5.92. The largest absolute Gasteiger partial charge is 0.454 e. The van der Waals surface area contributed by atoms with E-state index in [9.17, 15) is 9.59 Å². The molecule has 3 heterocycles. The molecule has 8 nitrogen and oxygen atoms in total. The molecule has 0 radical (unpaired) electrons. The Balaban J connectivity index is 1.36. The Morgan fingerprint density at radius 1 is 1.00 bits per heavy atom. The van der Waals surface area contributed by atoms with Crippen LogP contribution in [0.5, 0.6) is 11.5 Å². The van der Waals surface area contributed by atoms with Crippen LogP contribution >= 0.6 is 0 Å². The summed E-state index contributed by atoms with van der Waals surface area (Å²) in [6.45, 7) is 2.45. The van der Waals surface area contributed by atoms with E-state index in [1.807, 2.05) is 23.1 Å². The Hall–Kier alpha value is -3.16. The number of ether oxygens (including phenoxy) is 2. The van der Waals surface area contributed by atoms with Crippen LogP contribution in [0.4, 0.5) is 0 Å². The Bertz CT molecular complexity index is 843. The molecule has 2 aromatic rings. The van der Waals surface area contributed by atoms with E-state index in [1.165, 1.54) is 18.6 Å². The second kappa shape index (κ2) is 7.61. The zero-order valence-corrected chi connectivity index (χ0v) is 14.8. The molecule has 4 rings (SSSR count). The van der Waals surface area contributed by atoms with E-state index in [0.717, 1.165) is 12.0 Å². The molecule has 1 fully saturated rings. The predicted molar refractivity (Wildman–Crippen MR) is 95.4 cm³/mol. The molecule has 0 N–H and O–H groups in total. The van der Waals surface area contributed by atoms with E-state index in [4.69, 9.17) is 9.47 Å². The van der Waals surface area contributed by atoms with Crippen LogP contribution in [-0.4, -0.2) is 64.6 Å². The van der Waals surface area contributed by atoms with E-state index in [-0.39, 0.29) is 18.6 Å². The fourth-order valence-corrected chi connectivity index (χ4v) is 3.28. The lowest BCUT2D eigenvalue weighted by Gasteiger charge is -2.22. The number of carbonyl (C=O) groups excluding carboxylic acids is 2. The summed E-state index contributed by atoms with van der Waals surface area (Å²) >= 11 is 0. The third-order valence-electron chi connectivity index (χ3n) is 4.71. The summed E-state index contributed by atoms with van der Waals surface area (Å²) in [6.07, 6.45) is 5.55. The molecule has 1 saturated heterocycles. The van der Waals surface area contributed by atoms with Gasteiger partial charge in [-0.25, -0.2) is 4.98 Å². The lowest BCUT2D eigenvalue weighted by molar-refractivity contribution is -0.130. The fraction of sp³-hybridized carbons (Fsp3) is 0.368. The Morgan fingerprint density at radius 2 is 1.81 bits per heavy atom. The second-order valence-electron chi connectivity index (χ2n) is 6.48. The number of benzene rings is 1. The van der Waals surface area contributed by atoms with Crippen LogP contribution in [0.15, 0.2) is 36.8 Å². The number of carbonyl (C=O) groups is 2. The van der Waals surface area contributed by atoms with Gasteiger partial charge < -0.3 is 19.3 Å². The number of nitrogens with zero attached hydrogens (tertiary/aromatic N) is 4. The molecule has 0 aliphatic carbocycles. The van der Waals surface area contributed by atoms with Gasteiger partial charge in [0.1, 0.15) is 5.69 Å². The molecule has 1 aromatic heterocycles. The summed E-state index contributed by atoms with van der Waals surface area (Å²) in [5.74, 6) is 1.28. The normalized spacial score (nSPS) is 16.1. The molecule has 0 bridgehead atoms. The number of hydrogen-bond donors (Lipinski definition) is 0. The van der Waals surface area contributed by atoms with Crippen LogP contribution in [0.3, 0.4) is 0 Å². The maximum Gasteiger partial charge on any atom is 0.274 e. The Kier molecular flexibility index (Phi) is 4.86. The quantitative estimate of drug-likeness (QED) is 0.807. The first-order chi connectivity index (χ1) is 13.2. The molecule has 27 heavy (non-hydrogen) atoms. The van der Waals surface area contributed by atoms with Crippen molar-refractivity contribution < 1.29 is 19.1 Å². The van der Waals surface area contributed by atoms with Gasteiger partial charge in [-0.1, -0.05) is 6.07 Å². The van der Waals surface area contributed by atoms with Crippen molar-refractivity contribution in [1.82, 2.24) is 19.8 Å². The second-order valence-corrected chi connectivity index (χ2v) is 6.48. The highest BCUT2D eigenvalue weighted by Gasteiger charge is 2.24. The monoisotopic (exact) mass is 368 g/mol. The van der Waals surface area contributed by atoms with Crippen molar-refractivity contribution in [1.29, 1.82) is 0 Å². The molecule has 0 spiro atoms. The minimum atomic E-state index is -0.145. The van der Waals surface area contributed by atoms with E-state index in [0.29, 0.717) is 49.8 Å². The zero-order valence-electron chi connectivity index (χ0n) is 14.8. The van der Waals surface area contributed by atoms with Crippen LogP contribution in [0, 0.1) is 0 Å². The number of fused-ring (bicyclic) bond motifs is 1. The van der Waals surface area contributed by atoms with Gasteiger partial charge >= 0.3 is 0 Å². The van der Waals surface area contributed by atoms with Crippen molar-refractivity contribution in [3.05, 3.63) is 48.0 Å². The summed E-state index contributed by atoms with van der Waals surface area (Å²) < 4.78 is 10.7. The summed E-state index contributed by atoms with van der Waals surface area (Å²) in [4.78, 5) is 36.8. The van der Waals surface area contributed by atoms with Crippen molar-refractivity contribution in [2.45, 2.75) is 12.8 Å². The molecule has 0 saturated carbocycles. The highest BCUT2D eigenvalue weighted by Crippen LogP contribution is 2.32. The van der Waals surface area contributed by atoms with E-state index >= 15 is 0 Å². The molecule has 1 aromatic carbocycles. The van der Waals surface area contributed by atoms with Crippen molar-refractivity contribution in [2.24, 2.45) is 0 Å². The maximum atomic E-state index is 12.7. The average molecular weight is 368 g/mol. The van der Waals surface area contributed by atoms with Gasteiger partial charge in [0.2, 0.25) is 12.7 Å². The van der Waals surface area contributed by atoms with Gasteiger partial charge in [-0.15, -0.1) is 0 Å². The third-order valence-corrected chi connectivity index (χ3v) is 4.71. The standard InChI is InChI=1S/C19H20N4O4/c24-18(11-14-2-3-16-17(10-14)27-13-26-16)22-6-1-7-23(9-8-22)19(25)15-12-20-4-5-21-15/h2-5,10,12H,1,6-9,11,13H2. The fourth-order valence-electron chi connectivity index (χ4n) is 3.28.